The van der Waals surface area contributed by atoms with E-state index in [4.69, 9.17) is 4.74 Å². The second-order valence-corrected chi connectivity index (χ2v) is 5.93. The third-order valence-electron chi connectivity index (χ3n) is 3.52. The Hall–Kier alpha value is -1.75. The lowest BCUT2D eigenvalue weighted by atomic mass is 9.90. The highest BCUT2D eigenvalue weighted by Gasteiger charge is 2.52. The van der Waals surface area contributed by atoms with Gasteiger partial charge in [0, 0.05) is 10.9 Å². The van der Waals surface area contributed by atoms with Gasteiger partial charge in [0.2, 0.25) is 0 Å². The molecule has 0 spiro atoms. The fraction of sp³-hybridized carbons (Fsp3) is 0.412. The van der Waals surface area contributed by atoms with E-state index in [0.717, 1.165) is 6.92 Å². The van der Waals surface area contributed by atoms with Crippen LogP contribution in [-0.2, 0) is 5.60 Å². The number of benzene rings is 2. The minimum absolute atomic E-state index is 0.197. The Labute approximate surface area is 127 Å². The van der Waals surface area contributed by atoms with Gasteiger partial charge in [-0.1, -0.05) is 44.2 Å². The molecule has 0 aliphatic carbocycles. The van der Waals surface area contributed by atoms with Crippen LogP contribution in [0.4, 0.5) is 13.2 Å². The summed E-state index contributed by atoms with van der Waals surface area (Å²) in [5.74, 6) is 0.594. The first-order chi connectivity index (χ1) is 10.1. The molecule has 0 heterocycles. The van der Waals surface area contributed by atoms with Crippen molar-refractivity contribution in [3.8, 4) is 5.75 Å². The van der Waals surface area contributed by atoms with Crippen molar-refractivity contribution >= 4 is 10.8 Å². The van der Waals surface area contributed by atoms with E-state index in [-0.39, 0.29) is 11.5 Å². The first kappa shape index (κ1) is 16.6. The minimum atomic E-state index is -4.77. The van der Waals surface area contributed by atoms with Crippen LogP contribution in [0.15, 0.2) is 36.4 Å². The number of aliphatic hydroxyl groups is 1. The molecule has 120 valence electrons. The summed E-state index contributed by atoms with van der Waals surface area (Å²) >= 11 is 0. The first-order valence-electron chi connectivity index (χ1n) is 7.08. The predicted molar refractivity (Wildman–Crippen MR) is 79.9 cm³/mol. The molecule has 2 aromatic rings. The van der Waals surface area contributed by atoms with Crippen molar-refractivity contribution < 1.29 is 23.0 Å². The van der Waals surface area contributed by atoms with Gasteiger partial charge in [-0.3, -0.25) is 0 Å². The highest BCUT2D eigenvalue weighted by Crippen LogP contribution is 2.43. The third kappa shape index (κ3) is 3.04. The monoisotopic (exact) mass is 312 g/mol. The molecule has 1 atom stereocenters. The average Bonchev–Trinajstić information content (AvgIpc) is 2.43. The molecule has 0 saturated heterocycles. The molecule has 2 nitrogen and oxygen atoms in total. The molecule has 22 heavy (non-hydrogen) atoms. The number of halogens is 3. The largest absolute Gasteiger partial charge is 0.493 e. The van der Waals surface area contributed by atoms with E-state index in [0.29, 0.717) is 23.1 Å². The smallest absolute Gasteiger partial charge is 0.421 e. The quantitative estimate of drug-likeness (QED) is 0.891. The van der Waals surface area contributed by atoms with Crippen molar-refractivity contribution in [2.45, 2.75) is 32.5 Å². The van der Waals surface area contributed by atoms with E-state index in [1.165, 1.54) is 12.1 Å². The molecular formula is C17H19F3O2. The summed E-state index contributed by atoms with van der Waals surface area (Å²) in [6, 6.07) is 9.55. The summed E-state index contributed by atoms with van der Waals surface area (Å²) in [6.45, 7) is 5.07. The summed E-state index contributed by atoms with van der Waals surface area (Å²) in [5.41, 5.74) is -3.14. The summed E-state index contributed by atoms with van der Waals surface area (Å²) in [5, 5.41) is 10.9. The van der Waals surface area contributed by atoms with Crippen molar-refractivity contribution in [2.75, 3.05) is 6.61 Å². The molecule has 5 heteroatoms. The number of alkyl halides is 3. The lowest BCUT2D eigenvalue weighted by Crippen LogP contribution is -2.39. The van der Waals surface area contributed by atoms with Crippen molar-refractivity contribution in [2.24, 2.45) is 5.92 Å². The Bertz CT molecular complexity index is 655. The van der Waals surface area contributed by atoms with Crippen LogP contribution < -0.4 is 4.74 Å². The summed E-state index contributed by atoms with van der Waals surface area (Å²) in [7, 11) is 0. The van der Waals surface area contributed by atoms with Crippen LogP contribution in [0, 0.1) is 5.92 Å². The van der Waals surface area contributed by atoms with Gasteiger partial charge in [0.25, 0.3) is 0 Å². The van der Waals surface area contributed by atoms with E-state index in [9.17, 15) is 18.3 Å². The van der Waals surface area contributed by atoms with Crippen molar-refractivity contribution in [1.82, 2.24) is 0 Å². The highest BCUT2D eigenvalue weighted by molar-refractivity contribution is 5.92. The molecule has 0 radical (unpaired) electrons. The maximum atomic E-state index is 13.2. The van der Waals surface area contributed by atoms with Gasteiger partial charge in [-0.25, -0.2) is 0 Å². The topological polar surface area (TPSA) is 29.5 Å². The van der Waals surface area contributed by atoms with Crippen molar-refractivity contribution in [1.29, 1.82) is 0 Å². The van der Waals surface area contributed by atoms with E-state index in [1.54, 1.807) is 24.3 Å². The van der Waals surface area contributed by atoms with E-state index in [1.807, 2.05) is 13.8 Å². The van der Waals surface area contributed by atoms with Gasteiger partial charge in [0.15, 0.2) is 5.60 Å². The van der Waals surface area contributed by atoms with Gasteiger partial charge in [-0.15, -0.1) is 0 Å². The van der Waals surface area contributed by atoms with Crippen LogP contribution in [0.5, 0.6) is 5.75 Å². The zero-order chi connectivity index (χ0) is 16.5. The summed E-state index contributed by atoms with van der Waals surface area (Å²) in [4.78, 5) is 0. The second-order valence-electron chi connectivity index (χ2n) is 5.93. The van der Waals surface area contributed by atoms with Crippen LogP contribution in [0.3, 0.4) is 0 Å². The Kier molecular flexibility index (Phi) is 4.38. The molecule has 2 rings (SSSR count). The molecule has 1 unspecified atom stereocenters. The Morgan fingerprint density at radius 1 is 1.09 bits per heavy atom. The van der Waals surface area contributed by atoms with Crippen molar-refractivity contribution in [3.63, 3.8) is 0 Å². The van der Waals surface area contributed by atoms with Crippen molar-refractivity contribution in [3.05, 3.63) is 42.0 Å². The van der Waals surface area contributed by atoms with Crippen LogP contribution >= 0.6 is 0 Å². The predicted octanol–water partition coefficient (Wildman–Crippen LogP) is 4.64. The molecule has 0 aromatic heterocycles. The minimum Gasteiger partial charge on any atom is -0.493 e. The average molecular weight is 312 g/mol. The SMILES string of the molecule is CC(C)COc1cccc2cccc(C(C)(O)C(F)(F)F)c12. The standard InChI is InChI=1S/C17H19F3O2/c1-11(2)10-22-14-9-5-7-12-6-4-8-13(15(12)14)16(3,21)17(18,19)20/h4-9,11,21H,10H2,1-3H3. The molecule has 0 fully saturated rings. The lowest BCUT2D eigenvalue weighted by molar-refractivity contribution is -0.258. The number of rotatable bonds is 4. The highest BCUT2D eigenvalue weighted by atomic mass is 19.4. The molecule has 0 amide bonds. The van der Waals surface area contributed by atoms with Gasteiger partial charge < -0.3 is 9.84 Å². The maximum Gasteiger partial charge on any atom is 0.421 e. The Morgan fingerprint density at radius 3 is 2.23 bits per heavy atom. The zero-order valence-electron chi connectivity index (χ0n) is 12.7. The van der Waals surface area contributed by atoms with Crippen LogP contribution in [0.25, 0.3) is 10.8 Å². The second kappa shape index (κ2) is 5.80. The van der Waals surface area contributed by atoms with Gasteiger partial charge in [-0.05, 0) is 24.3 Å². The molecular weight excluding hydrogens is 293 g/mol. The van der Waals surface area contributed by atoms with Gasteiger partial charge >= 0.3 is 6.18 Å². The van der Waals surface area contributed by atoms with Gasteiger partial charge in [0.05, 0.1) is 6.61 Å². The van der Waals surface area contributed by atoms with E-state index >= 15 is 0 Å². The fourth-order valence-corrected chi connectivity index (χ4v) is 2.24. The number of hydrogen-bond donors (Lipinski definition) is 1. The van der Waals surface area contributed by atoms with Gasteiger partial charge in [-0.2, -0.15) is 13.2 Å². The summed E-state index contributed by atoms with van der Waals surface area (Å²) in [6.07, 6.45) is -4.77. The molecule has 0 bridgehead atoms. The van der Waals surface area contributed by atoms with E-state index < -0.39 is 11.8 Å². The van der Waals surface area contributed by atoms with Crippen LogP contribution in [0.2, 0.25) is 0 Å². The van der Waals surface area contributed by atoms with Gasteiger partial charge in [0.1, 0.15) is 5.75 Å². The Morgan fingerprint density at radius 2 is 1.68 bits per heavy atom. The number of hydrogen-bond acceptors (Lipinski definition) is 2. The molecule has 0 saturated carbocycles. The molecule has 2 aromatic carbocycles. The van der Waals surface area contributed by atoms with Crippen LogP contribution in [-0.4, -0.2) is 17.9 Å². The molecule has 1 N–H and O–H groups in total. The third-order valence-corrected chi connectivity index (χ3v) is 3.52. The zero-order valence-corrected chi connectivity index (χ0v) is 12.7. The number of fused-ring (bicyclic) bond motifs is 1. The number of ether oxygens (including phenoxy) is 1. The molecule has 0 aliphatic heterocycles. The Balaban J connectivity index is 2.65. The normalized spacial score (nSPS) is 15.1. The maximum absolute atomic E-state index is 13.2. The summed E-state index contributed by atoms with van der Waals surface area (Å²) < 4.78 is 45.3. The van der Waals surface area contributed by atoms with Crippen LogP contribution in [0.1, 0.15) is 26.3 Å². The van der Waals surface area contributed by atoms with E-state index in [2.05, 4.69) is 0 Å². The molecule has 0 aliphatic rings. The fourth-order valence-electron chi connectivity index (χ4n) is 2.24. The lowest BCUT2D eigenvalue weighted by Gasteiger charge is -2.28. The first-order valence-corrected chi connectivity index (χ1v) is 7.08.